The van der Waals surface area contributed by atoms with E-state index in [1.54, 1.807) is 25.1 Å². The molecule has 2 aromatic carbocycles. The predicted octanol–water partition coefficient (Wildman–Crippen LogP) is 4.20. The maximum Gasteiger partial charge on any atom is 0.322 e. The van der Waals surface area contributed by atoms with E-state index in [4.69, 9.17) is 14.0 Å². The summed E-state index contributed by atoms with van der Waals surface area (Å²) in [5.41, 5.74) is 4.22. The molecule has 1 aliphatic rings. The summed E-state index contributed by atoms with van der Waals surface area (Å²) in [7, 11) is 1.39. The molecule has 170 valence electrons. The van der Waals surface area contributed by atoms with Gasteiger partial charge in [-0.25, -0.2) is 0 Å². The average molecular weight is 447 g/mol. The van der Waals surface area contributed by atoms with Crippen LogP contribution >= 0.6 is 0 Å². The molecule has 0 bridgehead atoms. The van der Waals surface area contributed by atoms with Crippen LogP contribution in [-0.4, -0.2) is 35.4 Å². The summed E-state index contributed by atoms with van der Waals surface area (Å²) in [6, 6.07) is 13.0. The Morgan fingerprint density at radius 2 is 2.09 bits per heavy atom. The number of ether oxygens (including phenoxy) is 2. The summed E-state index contributed by atoms with van der Waals surface area (Å²) in [5.74, 6) is 1.06. The molecule has 0 spiro atoms. The number of hydrogen-bond donors (Lipinski definition) is 1. The predicted molar refractivity (Wildman–Crippen MR) is 121 cm³/mol. The second kappa shape index (κ2) is 9.43. The molecule has 0 saturated heterocycles. The van der Waals surface area contributed by atoms with Crippen LogP contribution in [0.5, 0.6) is 5.75 Å². The van der Waals surface area contributed by atoms with Crippen LogP contribution in [-0.2, 0) is 16.0 Å². The van der Waals surface area contributed by atoms with E-state index in [0.717, 1.165) is 29.5 Å². The molecule has 1 heterocycles. The number of hydrogen-bond acceptors (Lipinski definition) is 8. The van der Waals surface area contributed by atoms with Crippen molar-refractivity contribution in [3.63, 3.8) is 0 Å². The fourth-order valence-electron chi connectivity index (χ4n) is 4.14. The summed E-state index contributed by atoms with van der Waals surface area (Å²) in [6.45, 7) is 5.62. The molecule has 4 rings (SSSR count). The third-order valence-corrected chi connectivity index (χ3v) is 5.65. The molecule has 8 nitrogen and oxygen atoms in total. The van der Waals surface area contributed by atoms with Crippen molar-refractivity contribution in [1.29, 1.82) is 5.26 Å². The number of esters is 1. The van der Waals surface area contributed by atoms with E-state index in [0.29, 0.717) is 28.6 Å². The number of nitrogens with zero attached hydrogens (tertiary/aromatic N) is 3. The first-order valence-corrected chi connectivity index (χ1v) is 10.9. The first-order valence-electron chi connectivity index (χ1n) is 10.9. The van der Waals surface area contributed by atoms with E-state index in [-0.39, 0.29) is 18.1 Å². The Hall–Kier alpha value is -3.70. The number of rotatable bonds is 7. The lowest BCUT2D eigenvalue weighted by Crippen LogP contribution is -2.36. The molecular weight excluding hydrogens is 420 g/mol. The average Bonchev–Trinajstić information content (AvgIpc) is 3.46. The van der Waals surface area contributed by atoms with Gasteiger partial charge >= 0.3 is 5.97 Å². The van der Waals surface area contributed by atoms with Crippen molar-refractivity contribution < 1.29 is 18.8 Å². The zero-order valence-corrected chi connectivity index (χ0v) is 19.1. The summed E-state index contributed by atoms with van der Waals surface area (Å²) < 4.78 is 16.1. The van der Waals surface area contributed by atoms with Crippen molar-refractivity contribution in [2.24, 2.45) is 0 Å². The van der Waals surface area contributed by atoms with Gasteiger partial charge in [0.2, 0.25) is 5.82 Å². The quantitative estimate of drug-likeness (QED) is 0.538. The lowest BCUT2D eigenvalue weighted by molar-refractivity contribution is -0.142. The van der Waals surface area contributed by atoms with Crippen LogP contribution in [0.25, 0.3) is 22.8 Å². The standard InChI is InChI=1S/C25H26N4O4/c1-14(2)32-22-11-8-16(12-17(22)13-26)24-28-23(29-33-24)20-7-5-6-19-18(20)9-10-21(19)27-15(3)25(30)31-4/h5-8,11-12,14-15,21,27H,9-10H2,1-4H3/t15-,21+/m0/s1. The lowest BCUT2D eigenvalue weighted by Gasteiger charge is -2.18. The number of methoxy groups -OCH3 is 1. The third-order valence-electron chi connectivity index (χ3n) is 5.65. The number of carbonyl (C=O) groups is 1. The highest BCUT2D eigenvalue weighted by Gasteiger charge is 2.29. The molecule has 0 fully saturated rings. The van der Waals surface area contributed by atoms with Crippen LogP contribution in [0.2, 0.25) is 0 Å². The van der Waals surface area contributed by atoms with E-state index in [1.807, 2.05) is 26.0 Å². The molecule has 1 aromatic heterocycles. The van der Waals surface area contributed by atoms with Crippen molar-refractivity contribution in [2.75, 3.05) is 7.11 Å². The molecule has 0 aliphatic heterocycles. The van der Waals surface area contributed by atoms with Crippen molar-refractivity contribution in [1.82, 2.24) is 15.5 Å². The van der Waals surface area contributed by atoms with Gasteiger partial charge in [0.05, 0.1) is 18.8 Å². The maximum atomic E-state index is 11.8. The van der Waals surface area contributed by atoms with E-state index in [2.05, 4.69) is 27.6 Å². The van der Waals surface area contributed by atoms with Gasteiger partial charge in [-0.1, -0.05) is 23.4 Å². The van der Waals surface area contributed by atoms with Gasteiger partial charge in [-0.15, -0.1) is 0 Å². The van der Waals surface area contributed by atoms with E-state index < -0.39 is 6.04 Å². The normalized spacial score (nSPS) is 15.7. The third kappa shape index (κ3) is 4.59. The molecule has 0 saturated carbocycles. The Morgan fingerprint density at radius 1 is 1.27 bits per heavy atom. The first-order chi connectivity index (χ1) is 15.9. The zero-order valence-electron chi connectivity index (χ0n) is 19.1. The van der Waals surface area contributed by atoms with Gasteiger partial charge in [0, 0.05) is 17.2 Å². The fraction of sp³-hybridized carbons (Fsp3) is 0.360. The van der Waals surface area contributed by atoms with Crippen molar-refractivity contribution >= 4 is 5.97 Å². The molecule has 0 radical (unpaired) electrons. The monoisotopic (exact) mass is 446 g/mol. The topological polar surface area (TPSA) is 110 Å². The molecule has 33 heavy (non-hydrogen) atoms. The lowest BCUT2D eigenvalue weighted by atomic mass is 10.0. The Bertz CT molecular complexity index is 1210. The second-order valence-electron chi connectivity index (χ2n) is 8.29. The highest BCUT2D eigenvalue weighted by atomic mass is 16.5. The van der Waals surface area contributed by atoms with E-state index in [9.17, 15) is 10.1 Å². The number of carbonyl (C=O) groups excluding carboxylic acids is 1. The SMILES string of the molecule is COC(=O)[C@H](C)N[C@@H]1CCc2c(-c3noc(-c4ccc(OC(C)C)c(C#N)c4)n3)cccc21. The van der Waals surface area contributed by atoms with Gasteiger partial charge in [0.15, 0.2) is 0 Å². The maximum absolute atomic E-state index is 11.8. The Labute approximate surface area is 192 Å². The fourth-order valence-corrected chi connectivity index (χ4v) is 4.14. The van der Waals surface area contributed by atoms with Crippen LogP contribution in [0.4, 0.5) is 0 Å². The minimum Gasteiger partial charge on any atom is -0.490 e. The number of benzene rings is 2. The van der Waals surface area contributed by atoms with Crippen LogP contribution in [0, 0.1) is 11.3 Å². The Balaban J connectivity index is 1.61. The van der Waals surface area contributed by atoms with Crippen molar-refractivity contribution in [3.05, 3.63) is 53.1 Å². The van der Waals surface area contributed by atoms with Crippen molar-refractivity contribution in [3.8, 4) is 34.7 Å². The summed E-state index contributed by atoms with van der Waals surface area (Å²) >= 11 is 0. The molecule has 0 unspecified atom stereocenters. The second-order valence-corrected chi connectivity index (χ2v) is 8.29. The smallest absolute Gasteiger partial charge is 0.322 e. The Kier molecular flexibility index (Phi) is 6.43. The van der Waals surface area contributed by atoms with Gasteiger partial charge in [-0.05, 0) is 62.9 Å². The summed E-state index contributed by atoms with van der Waals surface area (Å²) in [5, 5.41) is 17.0. The van der Waals surface area contributed by atoms with Gasteiger partial charge in [-0.3, -0.25) is 10.1 Å². The minimum absolute atomic E-state index is 0.0351. The molecule has 0 amide bonds. The van der Waals surface area contributed by atoms with Gasteiger partial charge in [0.1, 0.15) is 17.9 Å². The summed E-state index contributed by atoms with van der Waals surface area (Å²) in [4.78, 5) is 16.4. The zero-order chi connectivity index (χ0) is 23.5. The van der Waals surface area contributed by atoms with Crippen LogP contribution < -0.4 is 10.1 Å². The largest absolute Gasteiger partial charge is 0.490 e. The molecule has 1 aliphatic carbocycles. The molecule has 1 N–H and O–H groups in total. The molecular formula is C25H26N4O4. The van der Waals surface area contributed by atoms with E-state index in [1.165, 1.54) is 7.11 Å². The van der Waals surface area contributed by atoms with Gasteiger partial charge < -0.3 is 14.0 Å². The highest BCUT2D eigenvalue weighted by Crippen LogP contribution is 2.38. The molecule has 3 aromatic rings. The number of fused-ring (bicyclic) bond motifs is 1. The number of nitrogens with one attached hydrogen (secondary N) is 1. The van der Waals surface area contributed by atoms with Crippen LogP contribution in [0.1, 0.15) is 49.9 Å². The summed E-state index contributed by atoms with van der Waals surface area (Å²) in [6.07, 6.45) is 1.66. The molecule has 8 heteroatoms. The molecule has 2 atom stereocenters. The van der Waals surface area contributed by atoms with Crippen molar-refractivity contribution in [2.45, 2.75) is 51.8 Å². The number of nitriles is 1. The number of aromatic nitrogens is 2. The van der Waals surface area contributed by atoms with Gasteiger partial charge in [0.25, 0.3) is 5.89 Å². The van der Waals surface area contributed by atoms with E-state index >= 15 is 0 Å². The Morgan fingerprint density at radius 3 is 2.82 bits per heavy atom. The van der Waals surface area contributed by atoms with Gasteiger partial charge in [-0.2, -0.15) is 10.2 Å². The van der Waals surface area contributed by atoms with Crippen LogP contribution in [0.3, 0.4) is 0 Å². The minimum atomic E-state index is -0.400. The first kappa shape index (κ1) is 22.5. The van der Waals surface area contributed by atoms with Crippen LogP contribution in [0.15, 0.2) is 40.9 Å². The highest BCUT2D eigenvalue weighted by molar-refractivity contribution is 5.75.